The van der Waals surface area contributed by atoms with E-state index in [-0.39, 0.29) is 25.1 Å². The molecule has 0 saturated carbocycles. The van der Waals surface area contributed by atoms with Gasteiger partial charge in [0.1, 0.15) is 18.1 Å². The average molecular weight is 435 g/mol. The lowest BCUT2D eigenvalue weighted by atomic mass is 10.1. The number of hydrogen-bond acceptors (Lipinski definition) is 8. The van der Waals surface area contributed by atoms with Crippen LogP contribution in [0, 0.1) is 0 Å². The second kappa shape index (κ2) is 16.0. The minimum atomic E-state index is -1.16. The third-order valence-corrected chi connectivity index (χ3v) is 4.53. The van der Waals surface area contributed by atoms with Crippen molar-refractivity contribution in [2.75, 3.05) is 25.4 Å². The Morgan fingerprint density at radius 3 is 1.69 bits per heavy atom. The highest BCUT2D eigenvalue weighted by atomic mass is 32.1. The zero-order valence-electron chi connectivity index (χ0n) is 16.6. The van der Waals surface area contributed by atoms with E-state index < -0.39 is 41.8 Å². The quantitative estimate of drug-likeness (QED) is 0.0975. The Hall–Kier alpha value is -1.89. The molecule has 168 valence electrons. The second-order valence-corrected chi connectivity index (χ2v) is 6.90. The molecule has 0 aliphatic carbocycles. The van der Waals surface area contributed by atoms with Crippen LogP contribution in [0.3, 0.4) is 0 Å². The highest BCUT2D eigenvalue weighted by Crippen LogP contribution is 2.06. The van der Waals surface area contributed by atoms with Crippen LogP contribution in [0.15, 0.2) is 0 Å². The maximum Gasteiger partial charge on any atom is 0.326 e. The first-order chi connectivity index (χ1) is 13.8. The molecule has 0 aromatic carbocycles. The summed E-state index contributed by atoms with van der Waals surface area (Å²) in [4.78, 5) is 48.0. The predicted octanol–water partition coefficient (Wildman–Crippen LogP) is -2.33. The SMILES string of the molecule is NCCCCC(NC(=O)C(CCCCN)NC(=O)C(CS)NC(=O)CN)C(=O)O. The number of carboxylic acid groups (broad SMARTS) is 1. The van der Waals surface area contributed by atoms with Gasteiger partial charge in [-0.3, -0.25) is 14.4 Å². The third kappa shape index (κ3) is 11.6. The molecule has 0 fully saturated rings. The Balaban J connectivity index is 5.11. The van der Waals surface area contributed by atoms with Crippen LogP contribution in [0.5, 0.6) is 0 Å². The summed E-state index contributed by atoms with van der Waals surface area (Å²) >= 11 is 4.04. The van der Waals surface area contributed by atoms with Crippen molar-refractivity contribution in [3.63, 3.8) is 0 Å². The van der Waals surface area contributed by atoms with Crippen LogP contribution < -0.4 is 33.2 Å². The number of hydrogen-bond donors (Lipinski definition) is 8. The van der Waals surface area contributed by atoms with Crippen LogP contribution in [-0.2, 0) is 19.2 Å². The first kappa shape index (κ1) is 27.1. The van der Waals surface area contributed by atoms with E-state index in [1.54, 1.807) is 0 Å². The van der Waals surface area contributed by atoms with Gasteiger partial charge in [0, 0.05) is 5.75 Å². The Morgan fingerprint density at radius 1 is 0.759 bits per heavy atom. The number of nitrogens with one attached hydrogen (secondary N) is 3. The van der Waals surface area contributed by atoms with Crippen LogP contribution in [0.4, 0.5) is 0 Å². The Morgan fingerprint density at radius 2 is 1.24 bits per heavy atom. The minimum Gasteiger partial charge on any atom is -0.480 e. The standard InChI is InChI=1S/C17H34N6O5S/c18-7-3-1-5-11(22-16(26)13(10-29)21-14(24)9-20)15(25)23-12(17(27)28)6-2-4-8-19/h11-13,29H,1-10,18-20H2,(H,21,24)(H,22,26)(H,23,25)(H,27,28). The second-order valence-electron chi connectivity index (χ2n) is 6.54. The molecule has 0 saturated heterocycles. The van der Waals surface area contributed by atoms with Crippen molar-refractivity contribution < 1.29 is 24.3 Å². The lowest BCUT2D eigenvalue weighted by molar-refractivity contribution is -0.142. The van der Waals surface area contributed by atoms with E-state index in [1.807, 2.05) is 0 Å². The lowest BCUT2D eigenvalue weighted by Crippen LogP contribution is -2.56. The van der Waals surface area contributed by atoms with Gasteiger partial charge in [-0.15, -0.1) is 0 Å². The van der Waals surface area contributed by atoms with Crippen LogP contribution in [0.25, 0.3) is 0 Å². The molecule has 0 radical (unpaired) electrons. The van der Waals surface area contributed by atoms with Crippen molar-refractivity contribution in [3.8, 4) is 0 Å². The van der Waals surface area contributed by atoms with Crippen molar-refractivity contribution in [1.82, 2.24) is 16.0 Å². The molecule has 0 aliphatic rings. The first-order valence-corrected chi connectivity index (χ1v) is 10.3. The van der Waals surface area contributed by atoms with Crippen molar-refractivity contribution in [1.29, 1.82) is 0 Å². The smallest absolute Gasteiger partial charge is 0.326 e. The monoisotopic (exact) mass is 434 g/mol. The summed E-state index contributed by atoms with van der Waals surface area (Å²) in [7, 11) is 0. The number of carbonyl (C=O) groups excluding carboxylic acids is 3. The molecule has 0 aromatic heterocycles. The van der Waals surface area contributed by atoms with Gasteiger partial charge in [-0.2, -0.15) is 12.6 Å². The number of thiol groups is 1. The van der Waals surface area contributed by atoms with E-state index in [1.165, 1.54) is 0 Å². The molecule has 0 rings (SSSR count). The van der Waals surface area contributed by atoms with E-state index in [2.05, 4.69) is 28.6 Å². The Kier molecular flexibility index (Phi) is 14.9. The molecule has 11 nitrogen and oxygen atoms in total. The highest BCUT2D eigenvalue weighted by Gasteiger charge is 2.28. The summed E-state index contributed by atoms with van der Waals surface area (Å²) in [5.74, 6) is -2.91. The summed E-state index contributed by atoms with van der Waals surface area (Å²) in [6.07, 6.45) is 2.88. The fraction of sp³-hybridized carbons (Fsp3) is 0.765. The molecule has 3 atom stereocenters. The molecule has 0 heterocycles. The lowest BCUT2D eigenvalue weighted by Gasteiger charge is -2.24. The summed E-state index contributed by atoms with van der Waals surface area (Å²) < 4.78 is 0. The zero-order chi connectivity index (χ0) is 22.2. The van der Waals surface area contributed by atoms with Crippen LogP contribution in [0.2, 0.25) is 0 Å². The van der Waals surface area contributed by atoms with Crippen molar-refractivity contribution >= 4 is 36.3 Å². The largest absolute Gasteiger partial charge is 0.480 e. The molecule has 12 heteroatoms. The number of unbranched alkanes of at least 4 members (excludes halogenated alkanes) is 2. The number of amides is 3. The van der Waals surface area contributed by atoms with Gasteiger partial charge in [-0.05, 0) is 51.6 Å². The predicted molar refractivity (Wildman–Crippen MR) is 112 cm³/mol. The van der Waals surface area contributed by atoms with Gasteiger partial charge in [0.15, 0.2) is 0 Å². The summed E-state index contributed by atoms with van der Waals surface area (Å²) in [6.45, 7) is 0.559. The molecule has 0 aromatic rings. The number of rotatable bonds is 16. The number of aliphatic carboxylic acids is 1. The molecule has 10 N–H and O–H groups in total. The Labute approximate surface area is 176 Å². The van der Waals surface area contributed by atoms with Gasteiger partial charge in [-0.25, -0.2) is 4.79 Å². The maximum absolute atomic E-state index is 12.6. The molecule has 0 bridgehead atoms. The van der Waals surface area contributed by atoms with Crippen LogP contribution >= 0.6 is 12.6 Å². The molecular formula is C17H34N6O5S. The molecule has 3 amide bonds. The summed E-state index contributed by atoms with van der Waals surface area (Å²) in [6, 6.07) is -3.03. The maximum atomic E-state index is 12.6. The van der Waals surface area contributed by atoms with Crippen molar-refractivity contribution in [2.24, 2.45) is 17.2 Å². The topological polar surface area (TPSA) is 203 Å². The third-order valence-electron chi connectivity index (χ3n) is 4.16. The zero-order valence-corrected chi connectivity index (χ0v) is 17.5. The highest BCUT2D eigenvalue weighted by molar-refractivity contribution is 7.80. The number of nitrogens with two attached hydrogens (primary N) is 3. The van der Waals surface area contributed by atoms with E-state index in [9.17, 15) is 24.3 Å². The van der Waals surface area contributed by atoms with Crippen LogP contribution in [-0.4, -0.2) is 72.3 Å². The number of carboxylic acids is 1. The average Bonchev–Trinajstić information content (AvgIpc) is 2.69. The molecule has 3 unspecified atom stereocenters. The molecule has 0 aliphatic heterocycles. The fourth-order valence-corrected chi connectivity index (χ4v) is 2.76. The minimum absolute atomic E-state index is 0.00551. The van der Waals surface area contributed by atoms with Crippen molar-refractivity contribution in [3.05, 3.63) is 0 Å². The van der Waals surface area contributed by atoms with Gasteiger partial charge in [0.2, 0.25) is 17.7 Å². The fourth-order valence-electron chi connectivity index (χ4n) is 2.50. The summed E-state index contributed by atoms with van der Waals surface area (Å²) in [5.41, 5.74) is 16.1. The van der Waals surface area contributed by atoms with Crippen molar-refractivity contribution in [2.45, 2.75) is 56.7 Å². The molecule has 29 heavy (non-hydrogen) atoms. The first-order valence-electron chi connectivity index (χ1n) is 9.64. The molecular weight excluding hydrogens is 400 g/mol. The van der Waals surface area contributed by atoms with E-state index in [4.69, 9.17) is 17.2 Å². The van der Waals surface area contributed by atoms with Gasteiger partial charge in [-0.1, -0.05) is 0 Å². The Bertz CT molecular complexity index is 536. The van der Waals surface area contributed by atoms with Gasteiger partial charge in [0.05, 0.1) is 6.54 Å². The molecule has 0 spiro atoms. The van der Waals surface area contributed by atoms with Gasteiger partial charge < -0.3 is 38.3 Å². The van der Waals surface area contributed by atoms with E-state index in [0.29, 0.717) is 38.8 Å². The van der Waals surface area contributed by atoms with E-state index in [0.717, 1.165) is 0 Å². The van der Waals surface area contributed by atoms with Gasteiger partial charge >= 0.3 is 5.97 Å². The van der Waals surface area contributed by atoms with Gasteiger partial charge in [0.25, 0.3) is 0 Å². The van der Waals surface area contributed by atoms with Crippen LogP contribution in [0.1, 0.15) is 38.5 Å². The normalized spacial score (nSPS) is 13.8. The van der Waals surface area contributed by atoms with E-state index >= 15 is 0 Å². The summed E-state index contributed by atoms with van der Waals surface area (Å²) in [5, 5.41) is 16.8. The number of carbonyl (C=O) groups is 4.